The van der Waals surface area contributed by atoms with Crippen molar-refractivity contribution >= 4 is 17.3 Å². The first-order chi connectivity index (χ1) is 10.1. The minimum atomic E-state index is 0.598. The predicted molar refractivity (Wildman–Crippen MR) is 85.2 cm³/mol. The fourth-order valence-corrected chi connectivity index (χ4v) is 2.39. The highest BCUT2D eigenvalue weighted by Gasteiger charge is 2.06. The Bertz CT molecular complexity index is 762. The van der Waals surface area contributed by atoms with Gasteiger partial charge in [-0.3, -0.25) is 0 Å². The maximum absolute atomic E-state index is 6.25. The average Bonchev–Trinajstić information content (AvgIpc) is 2.91. The molecule has 4 nitrogen and oxygen atoms in total. The summed E-state index contributed by atoms with van der Waals surface area (Å²) in [4.78, 5) is 4.33. The van der Waals surface area contributed by atoms with E-state index in [1.54, 1.807) is 11.0 Å². The van der Waals surface area contributed by atoms with Crippen molar-refractivity contribution in [3.8, 4) is 11.4 Å². The SMILES string of the molecule is Cc1ccc(Cn2cnc(-c3ccc(N)cc3)n2)c(Cl)c1. The highest BCUT2D eigenvalue weighted by molar-refractivity contribution is 6.31. The Kier molecular flexibility index (Phi) is 3.62. The Labute approximate surface area is 128 Å². The van der Waals surface area contributed by atoms with Gasteiger partial charge in [0.1, 0.15) is 6.33 Å². The van der Waals surface area contributed by atoms with Gasteiger partial charge in [0.2, 0.25) is 0 Å². The van der Waals surface area contributed by atoms with Gasteiger partial charge in [-0.15, -0.1) is 0 Å². The van der Waals surface area contributed by atoms with Crippen LogP contribution in [0.5, 0.6) is 0 Å². The van der Waals surface area contributed by atoms with Gasteiger partial charge in [0.15, 0.2) is 5.82 Å². The van der Waals surface area contributed by atoms with E-state index in [1.807, 2.05) is 49.4 Å². The Hall–Kier alpha value is -2.33. The number of hydrogen-bond acceptors (Lipinski definition) is 3. The smallest absolute Gasteiger partial charge is 0.181 e. The summed E-state index contributed by atoms with van der Waals surface area (Å²) in [5.74, 6) is 0.679. The maximum Gasteiger partial charge on any atom is 0.181 e. The summed E-state index contributed by atoms with van der Waals surface area (Å²) in [6.45, 7) is 2.62. The lowest BCUT2D eigenvalue weighted by atomic mass is 10.1. The zero-order chi connectivity index (χ0) is 14.8. The molecule has 0 amide bonds. The summed E-state index contributed by atoms with van der Waals surface area (Å²) in [5, 5.41) is 5.22. The number of aryl methyl sites for hydroxylation is 1. The molecule has 0 bridgehead atoms. The molecule has 21 heavy (non-hydrogen) atoms. The Morgan fingerprint density at radius 1 is 1.14 bits per heavy atom. The van der Waals surface area contributed by atoms with Crippen molar-refractivity contribution in [2.45, 2.75) is 13.5 Å². The second kappa shape index (κ2) is 5.58. The molecular weight excluding hydrogens is 284 g/mol. The molecule has 0 unspecified atom stereocenters. The number of rotatable bonds is 3. The van der Waals surface area contributed by atoms with E-state index in [2.05, 4.69) is 10.1 Å². The third kappa shape index (κ3) is 3.06. The highest BCUT2D eigenvalue weighted by atomic mass is 35.5. The Morgan fingerprint density at radius 2 is 1.90 bits per heavy atom. The highest BCUT2D eigenvalue weighted by Crippen LogP contribution is 2.20. The van der Waals surface area contributed by atoms with Crippen molar-refractivity contribution in [1.82, 2.24) is 14.8 Å². The van der Waals surface area contributed by atoms with Gasteiger partial charge in [-0.25, -0.2) is 9.67 Å². The summed E-state index contributed by atoms with van der Waals surface area (Å²) in [7, 11) is 0. The van der Waals surface area contributed by atoms with Crippen LogP contribution in [0.15, 0.2) is 48.8 Å². The van der Waals surface area contributed by atoms with Gasteiger partial charge < -0.3 is 5.73 Å². The molecular formula is C16H15ClN4. The van der Waals surface area contributed by atoms with E-state index in [1.165, 1.54) is 0 Å². The first-order valence-electron chi connectivity index (χ1n) is 6.62. The van der Waals surface area contributed by atoms with Gasteiger partial charge in [0.25, 0.3) is 0 Å². The molecule has 0 saturated carbocycles. The van der Waals surface area contributed by atoms with Crippen molar-refractivity contribution in [2.75, 3.05) is 5.73 Å². The lowest BCUT2D eigenvalue weighted by Gasteiger charge is -2.05. The minimum Gasteiger partial charge on any atom is -0.399 e. The van der Waals surface area contributed by atoms with Crippen molar-refractivity contribution in [3.05, 3.63) is 64.9 Å². The molecule has 1 aromatic heterocycles. The molecule has 0 radical (unpaired) electrons. The molecule has 0 atom stereocenters. The van der Waals surface area contributed by atoms with Crippen LogP contribution in [0.25, 0.3) is 11.4 Å². The van der Waals surface area contributed by atoms with Crippen molar-refractivity contribution < 1.29 is 0 Å². The molecule has 0 fully saturated rings. The monoisotopic (exact) mass is 298 g/mol. The third-order valence-electron chi connectivity index (χ3n) is 3.25. The lowest BCUT2D eigenvalue weighted by molar-refractivity contribution is 0.687. The number of hydrogen-bond donors (Lipinski definition) is 1. The lowest BCUT2D eigenvalue weighted by Crippen LogP contribution is -2.01. The molecule has 2 aromatic carbocycles. The molecule has 0 aliphatic heterocycles. The second-order valence-electron chi connectivity index (χ2n) is 4.98. The van der Waals surface area contributed by atoms with Crippen molar-refractivity contribution in [2.24, 2.45) is 0 Å². The topological polar surface area (TPSA) is 56.7 Å². The molecule has 2 N–H and O–H groups in total. The molecule has 1 heterocycles. The van der Waals surface area contributed by atoms with Gasteiger partial charge in [-0.1, -0.05) is 23.7 Å². The van der Waals surface area contributed by atoms with Gasteiger partial charge in [0, 0.05) is 16.3 Å². The zero-order valence-corrected chi connectivity index (χ0v) is 12.4. The van der Waals surface area contributed by atoms with Crippen LogP contribution in [0.3, 0.4) is 0 Å². The number of nitrogens with zero attached hydrogens (tertiary/aromatic N) is 3. The van der Waals surface area contributed by atoms with Crippen LogP contribution in [0.2, 0.25) is 5.02 Å². The molecule has 3 rings (SSSR count). The molecule has 5 heteroatoms. The van der Waals surface area contributed by atoms with E-state index in [4.69, 9.17) is 17.3 Å². The number of nitrogens with two attached hydrogens (primary N) is 1. The van der Waals surface area contributed by atoms with Crippen LogP contribution in [0, 0.1) is 6.92 Å². The van der Waals surface area contributed by atoms with Crippen LogP contribution in [-0.4, -0.2) is 14.8 Å². The standard InChI is InChI=1S/C16H15ClN4/c1-11-2-3-13(15(17)8-11)9-21-10-19-16(20-21)12-4-6-14(18)7-5-12/h2-8,10H,9,18H2,1H3. The summed E-state index contributed by atoms with van der Waals surface area (Å²) < 4.78 is 1.78. The first kappa shape index (κ1) is 13.6. The molecule has 0 saturated heterocycles. The molecule has 0 aliphatic rings. The third-order valence-corrected chi connectivity index (χ3v) is 3.60. The normalized spacial score (nSPS) is 10.8. The van der Waals surface area contributed by atoms with E-state index in [-0.39, 0.29) is 0 Å². The van der Waals surface area contributed by atoms with Crippen molar-refractivity contribution in [1.29, 1.82) is 0 Å². The zero-order valence-electron chi connectivity index (χ0n) is 11.6. The molecule has 0 spiro atoms. The van der Waals surface area contributed by atoms with Crippen LogP contribution in [-0.2, 0) is 6.54 Å². The second-order valence-corrected chi connectivity index (χ2v) is 5.39. The average molecular weight is 299 g/mol. The summed E-state index contributed by atoms with van der Waals surface area (Å²) in [5.41, 5.74) is 9.52. The first-order valence-corrected chi connectivity index (χ1v) is 7.00. The predicted octanol–water partition coefficient (Wildman–Crippen LogP) is 3.54. The van der Waals surface area contributed by atoms with Crippen LogP contribution in [0.4, 0.5) is 5.69 Å². The quantitative estimate of drug-likeness (QED) is 0.753. The Balaban J connectivity index is 1.83. The van der Waals surface area contributed by atoms with E-state index in [0.717, 1.165) is 27.4 Å². The number of benzene rings is 2. The Morgan fingerprint density at radius 3 is 2.62 bits per heavy atom. The van der Waals surface area contributed by atoms with Gasteiger partial charge >= 0.3 is 0 Å². The fourth-order valence-electron chi connectivity index (χ4n) is 2.09. The molecule has 0 aliphatic carbocycles. The van der Waals surface area contributed by atoms with Gasteiger partial charge in [-0.2, -0.15) is 5.10 Å². The number of anilines is 1. The van der Waals surface area contributed by atoms with E-state index in [9.17, 15) is 0 Å². The van der Waals surface area contributed by atoms with Crippen LogP contribution >= 0.6 is 11.6 Å². The fraction of sp³-hybridized carbons (Fsp3) is 0.125. The van der Waals surface area contributed by atoms with Crippen LogP contribution < -0.4 is 5.73 Å². The number of halogens is 1. The largest absolute Gasteiger partial charge is 0.399 e. The van der Waals surface area contributed by atoms with E-state index in [0.29, 0.717) is 12.4 Å². The number of nitrogen functional groups attached to an aromatic ring is 1. The van der Waals surface area contributed by atoms with E-state index < -0.39 is 0 Å². The molecule has 106 valence electrons. The van der Waals surface area contributed by atoms with Crippen molar-refractivity contribution in [3.63, 3.8) is 0 Å². The van der Waals surface area contributed by atoms with Crippen LogP contribution in [0.1, 0.15) is 11.1 Å². The molecule has 3 aromatic rings. The van der Waals surface area contributed by atoms with Gasteiger partial charge in [0.05, 0.1) is 6.54 Å². The minimum absolute atomic E-state index is 0.598. The summed E-state index contributed by atoms with van der Waals surface area (Å²) >= 11 is 6.25. The van der Waals surface area contributed by atoms with E-state index >= 15 is 0 Å². The maximum atomic E-state index is 6.25. The van der Waals surface area contributed by atoms with Gasteiger partial charge in [-0.05, 0) is 48.4 Å². The number of aromatic nitrogens is 3. The summed E-state index contributed by atoms with van der Waals surface area (Å²) in [6.07, 6.45) is 1.71. The summed E-state index contributed by atoms with van der Waals surface area (Å²) in [6, 6.07) is 13.5.